The Labute approximate surface area is 121 Å². The summed E-state index contributed by atoms with van der Waals surface area (Å²) in [6.45, 7) is 0.311. The molecule has 0 atom stereocenters. The minimum Gasteiger partial charge on any atom is -0.465 e. The van der Waals surface area contributed by atoms with Gasteiger partial charge in [0.25, 0.3) is 0 Å². The molecule has 2 aromatic rings. The molecule has 0 aromatic heterocycles. The van der Waals surface area contributed by atoms with Crippen LogP contribution < -0.4 is 14.2 Å². The van der Waals surface area contributed by atoms with Crippen LogP contribution in [0, 0.1) is 0 Å². The monoisotopic (exact) mass is 286 g/mol. The van der Waals surface area contributed by atoms with E-state index >= 15 is 0 Å². The summed E-state index contributed by atoms with van der Waals surface area (Å²) < 4.78 is 21.1. The Kier molecular flexibility index (Phi) is 3.97. The molecule has 0 bridgehead atoms. The third kappa shape index (κ3) is 3.11. The van der Waals surface area contributed by atoms with Crippen molar-refractivity contribution in [1.82, 2.24) is 0 Å². The predicted octanol–water partition coefficient (Wildman–Crippen LogP) is 3.81. The second-order valence-electron chi connectivity index (χ2n) is 4.26. The Balaban J connectivity index is 1.90. The summed E-state index contributed by atoms with van der Waals surface area (Å²) in [7, 11) is 1.55. The highest BCUT2D eigenvalue weighted by Crippen LogP contribution is 2.42. The number of fused-ring (bicyclic) bond motifs is 1. The summed E-state index contributed by atoms with van der Waals surface area (Å²) in [5.41, 5.74) is 1.31. The van der Waals surface area contributed by atoms with Crippen molar-refractivity contribution in [2.45, 2.75) is 0 Å². The number of nitrogens with zero attached hydrogens (tertiary/aromatic N) is 2. The number of benzene rings is 2. The Bertz CT molecular complexity index is 644. The predicted molar refractivity (Wildman–Crippen MR) is 75.7 cm³/mol. The smallest absolute Gasteiger partial charge is 0.231 e. The van der Waals surface area contributed by atoms with Crippen molar-refractivity contribution in [3.63, 3.8) is 0 Å². The molecule has 6 heteroatoms. The Morgan fingerprint density at radius 1 is 1.05 bits per heavy atom. The highest BCUT2D eigenvalue weighted by molar-refractivity contribution is 5.62. The normalized spacial score (nSPS) is 12.8. The van der Waals surface area contributed by atoms with Gasteiger partial charge >= 0.3 is 0 Å². The minimum atomic E-state index is 0.119. The molecule has 0 radical (unpaired) electrons. The molecule has 108 valence electrons. The lowest BCUT2D eigenvalue weighted by Crippen LogP contribution is -1.99. The number of ether oxygens (including phenoxy) is 4. The molecular formula is C15H14N2O4. The molecule has 2 aromatic carbocycles. The summed E-state index contributed by atoms with van der Waals surface area (Å²) in [4.78, 5) is 0. The van der Waals surface area contributed by atoms with E-state index in [1.807, 2.05) is 30.3 Å². The molecule has 0 spiro atoms. The average Bonchev–Trinajstić information content (AvgIpc) is 2.98. The number of rotatable bonds is 5. The maximum absolute atomic E-state index is 5.49. The molecule has 0 saturated heterocycles. The summed E-state index contributed by atoms with van der Waals surface area (Å²) in [5, 5.41) is 8.39. The summed E-state index contributed by atoms with van der Waals surface area (Å²) >= 11 is 0. The van der Waals surface area contributed by atoms with Crippen LogP contribution in [0.4, 0.5) is 11.4 Å². The van der Waals surface area contributed by atoms with Gasteiger partial charge in [-0.1, -0.05) is 18.2 Å². The lowest BCUT2D eigenvalue weighted by Gasteiger charge is -2.08. The fraction of sp³-hybridized carbons (Fsp3) is 0.200. The first-order valence-electron chi connectivity index (χ1n) is 6.39. The molecular weight excluding hydrogens is 272 g/mol. The van der Waals surface area contributed by atoms with Crippen molar-refractivity contribution in [2.24, 2.45) is 10.2 Å². The topological polar surface area (TPSA) is 61.6 Å². The first-order valence-corrected chi connectivity index (χ1v) is 6.39. The quantitative estimate of drug-likeness (QED) is 0.619. The number of hydrogen-bond donors (Lipinski definition) is 0. The number of methoxy groups -OCH3 is 1. The zero-order valence-corrected chi connectivity index (χ0v) is 11.5. The van der Waals surface area contributed by atoms with Crippen LogP contribution in [-0.2, 0) is 4.74 Å². The van der Waals surface area contributed by atoms with E-state index in [0.717, 1.165) is 5.69 Å². The molecule has 0 fully saturated rings. The minimum absolute atomic E-state index is 0.119. The van der Waals surface area contributed by atoms with Gasteiger partial charge in [-0.3, -0.25) is 0 Å². The van der Waals surface area contributed by atoms with Crippen LogP contribution in [0.25, 0.3) is 0 Å². The van der Waals surface area contributed by atoms with Crippen molar-refractivity contribution < 1.29 is 18.9 Å². The van der Waals surface area contributed by atoms with E-state index in [1.54, 1.807) is 19.2 Å². The third-order valence-corrected chi connectivity index (χ3v) is 2.82. The molecule has 0 unspecified atom stereocenters. The zero-order valence-electron chi connectivity index (χ0n) is 11.5. The van der Waals surface area contributed by atoms with Gasteiger partial charge in [0.1, 0.15) is 5.69 Å². The van der Waals surface area contributed by atoms with Crippen molar-refractivity contribution in [3.05, 3.63) is 42.5 Å². The van der Waals surface area contributed by atoms with Crippen LogP contribution in [0.1, 0.15) is 0 Å². The molecule has 3 rings (SSSR count). The van der Waals surface area contributed by atoms with E-state index in [4.69, 9.17) is 18.9 Å². The molecule has 21 heavy (non-hydrogen) atoms. The van der Waals surface area contributed by atoms with Crippen LogP contribution in [0.3, 0.4) is 0 Å². The maximum atomic E-state index is 5.49. The summed E-state index contributed by atoms with van der Waals surface area (Å²) in [6, 6.07) is 12.9. The first-order chi connectivity index (χ1) is 10.4. The second kappa shape index (κ2) is 6.23. The molecule has 0 saturated carbocycles. The van der Waals surface area contributed by atoms with E-state index < -0.39 is 0 Å². The fourth-order valence-corrected chi connectivity index (χ4v) is 1.84. The molecule has 6 nitrogen and oxygen atoms in total. The molecule has 1 aliphatic heterocycles. The largest absolute Gasteiger partial charge is 0.465 e. The van der Waals surface area contributed by atoms with Crippen LogP contribution >= 0.6 is 0 Å². The highest BCUT2D eigenvalue weighted by Gasteiger charge is 2.18. The van der Waals surface area contributed by atoms with Gasteiger partial charge in [0.2, 0.25) is 6.79 Å². The van der Waals surface area contributed by atoms with Crippen LogP contribution in [-0.4, -0.2) is 20.7 Å². The lowest BCUT2D eigenvalue weighted by molar-refractivity contribution is 0.0514. The molecule has 1 aliphatic rings. The van der Waals surface area contributed by atoms with Gasteiger partial charge in [-0.05, 0) is 12.1 Å². The molecule has 1 heterocycles. The van der Waals surface area contributed by atoms with Gasteiger partial charge in [0, 0.05) is 19.2 Å². The van der Waals surface area contributed by atoms with Gasteiger partial charge in [0.05, 0.1) is 5.69 Å². The number of hydrogen-bond acceptors (Lipinski definition) is 6. The van der Waals surface area contributed by atoms with E-state index in [2.05, 4.69) is 10.2 Å². The molecule has 0 aliphatic carbocycles. The van der Waals surface area contributed by atoms with Crippen molar-refractivity contribution in [3.8, 4) is 17.2 Å². The highest BCUT2D eigenvalue weighted by atomic mass is 16.7. The maximum Gasteiger partial charge on any atom is 0.231 e. The molecule has 0 N–H and O–H groups in total. The van der Waals surface area contributed by atoms with E-state index in [0.29, 0.717) is 22.9 Å². The van der Waals surface area contributed by atoms with Gasteiger partial charge in [0.15, 0.2) is 24.0 Å². The third-order valence-electron chi connectivity index (χ3n) is 2.82. The summed E-state index contributed by atoms with van der Waals surface area (Å²) in [6.07, 6.45) is 0. The van der Waals surface area contributed by atoms with E-state index in [9.17, 15) is 0 Å². The Morgan fingerprint density at radius 3 is 2.57 bits per heavy atom. The van der Waals surface area contributed by atoms with E-state index in [1.165, 1.54) is 0 Å². The van der Waals surface area contributed by atoms with Gasteiger partial charge in [-0.25, -0.2) is 0 Å². The first kappa shape index (κ1) is 13.4. The lowest BCUT2D eigenvalue weighted by atomic mass is 10.2. The van der Waals surface area contributed by atoms with Crippen molar-refractivity contribution in [2.75, 3.05) is 20.7 Å². The SMILES string of the molecule is COCOc1cc2c(cc1N=Nc1ccccc1)OCO2. The summed E-state index contributed by atoms with van der Waals surface area (Å²) in [5.74, 6) is 1.78. The van der Waals surface area contributed by atoms with Gasteiger partial charge in [-0.15, -0.1) is 5.11 Å². The number of azo groups is 1. The molecule has 0 amide bonds. The average molecular weight is 286 g/mol. The van der Waals surface area contributed by atoms with Crippen molar-refractivity contribution >= 4 is 11.4 Å². The van der Waals surface area contributed by atoms with Gasteiger partial charge in [-0.2, -0.15) is 5.11 Å². The second-order valence-corrected chi connectivity index (χ2v) is 4.26. The van der Waals surface area contributed by atoms with Gasteiger partial charge < -0.3 is 18.9 Å². The van der Waals surface area contributed by atoms with Crippen LogP contribution in [0.15, 0.2) is 52.7 Å². The van der Waals surface area contributed by atoms with Crippen LogP contribution in [0.5, 0.6) is 17.2 Å². The zero-order chi connectivity index (χ0) is 14.5. The Morgan fingerprint density at radius 2 is 1.81 bits per heavy atom. The van der Waals surface area contributed by atoms with Crippen LogP contribution in [0.2, 0.25) is 0 Å². The Hall–Kier alpha value is -2.60. The fourth-order valence-electron chi connectivity index (χ4n) is 1.84. The van der Waals surface area contributed by atoms with Crippen molar-refractivity contribution in [1.29, 1.82) is 0 Å². The van der Waals surface area contributed by atoms with E-state index in [-0.39, 0.29) is 13.6 Å². The standard InChI is InChI=1S/C15H14N2O4/c1-18-9-19-13-8-15-14(20-10-21-15)7-12(13)17-16-11-5-3-2-4-6-11/h2-8H,9-10H2,1H3.